The Morgan fingerprint density at radius 2 is 1.85 bits per heavy atom. The molecule has 20 heavy (non-hydrogen) atoms. The van der Waals surface area contributed by atoms with Gasteiger partial charge in [-0.2, -0.15) is 0 Å². The Labute approximate surface area is 121 Å². The van der Waals surface area contributed by atoms with Crippen LogP contribution in [0.15, 0.2) is 17.0 Å². The van der Waals surface area contributed by atoms with E-state index in [1.807, 2.05) is 0 Å². The van der Waals surface area contributed by atoms with Gasteiger partial charge in [-0.25, -0.2) is 0 Å². The van der Waals surface area contributed by atoms with Crippen molar-refractivity contribution in [3.63, 3.8) is 0 Å². The van der Waals surface area contributed by atoms with Crippen LogP contribution in [0.4, 0.5) is 0 Å². The molecule has 0 spiro atoms. The average Bonchev–Trinajstić information content (AvgIpc) is 2.64. The van der Waals surface area contributed by atoms with Crippen molar-refractivity contribution in [2.75, 3.05) is 27.1 Å². The summed E-state index contributed by atoms with van der Waals surface area (Å²) < 4.78 is 15.2. The van der Waals surface area contributed by atoms with Crippen LogP contribution >= 0.6 is 11.8 Å². The third-order valence-electron chi connectivity index (χ3n) is 3.22. The molecule has 0 N–H and O–H groups in total. The molecule has 1 unspecified atom stereocenters. The molecule has 5 nitrogen and oxygen atoms in total. The van der Waals surface area contributed by atoms with Crippen LogP contribution in [0.3, 0.4) is 0 Å². The number of rotatable bonds is 3. The van der Waals surface area contributed by atoms with Crippen molar-refractivity contribution in [1.29, 1.82) is 0 Å². The van der Waals surface area contributed by atoms with E-state index in [-0.39, 0.29) is 5.78 Å². The van der Waals surface area contributed by atoms with Crippen LogP contribution < -0.4 is 9.47 Å². The summed E-state index contributed by atoms with van der Waals surface area (Å²) in [6.07, 6.45) is 0.468. The van der Waals surface area contributed by atoms with E-state index in [1.54, 1.807) is 19.2 Å². The van der Waals surface area contributed by atoms with E-state index in [0.29, 0.717) is 29.2 Å². The fraction of sp³-hybridized carbons (Fsp3) is 0.429. The number of Topliss-reactive ketones (excluding diaryl/α,β-unsaturated/α-hetero) is 1. The number of ketones is 1. The van der Waals surface area contributed by atoms with E-state index >= 15 is 0 Å². The van der Waals surface area contributed by atoms with Gasteiger partial charge in [-0.05, 0) is 24.3 Å². The molecule has 0 fully saturated rings. The summed E-state index contributed by atoms with van der Waals surface area (Å²) in [6, 6.07) is 3.40. The van der Waals surface area contributed by atoms with Gasteiger partial charge in [0.2, 0.25) is 0 Å². The standard InChI is InChI=1S/C14H16O5S/c1-17-10-6-9-12(7-11(10)18-2)20-5-4-8(13(9)15)14(16)19-3/h6-8H,4-5H2,1-3H3. The van der Waals surface area contributed by atoms with Crippen LogP contribution in [0, 0.1) is 5.92 Å². The summed E-state index contributed by atoms with van der Waals surface area (Å²) in [4.78, 5) is 25.0. The number of carbonyl (C=O) groups is 2. The minimum Gasteiger partial charge on any atom is -0.493 e. The van der Waals surface area contributed by atoms with Gasteiger partial charge in [0, 0.05) is 10.5 Å². The number of thioether (sulfide) groups is 1. The monoisotopic (exact) mass is 296 g/mol. The summed E-state index contributed by atoms with van der Waals surface area (Å²) in [5.74, 6) is 0.269. The number of hydrogen-bond acceptors (Lipinski definition) is 6. The van der Waals surface area contributed by atoms with Crippen molar-refractivity contribution in [2.24, 2.45) is 5.92 Å². The molecule has 6 heteroatoms. The lowest BCUT2D eigenvalue weighted by atomic mass is 9.95. The van der Waals surface area contributed by atoms with Crippen molar-refractivity contribution in [1.82, 2.24) is 0 Å². The number of esters is 1. The van der Waals surface area contributed by atoms with E-state index in [0.717, 1.165) is 4.90 Å². The van der Waals surface area contributed by atoms with Crippen LogP contribution in [0.5, 0.6) is 11.5 Å². The lowest BCUT2D eigenvalue weighted by molar-refractivity contribution is -0.143. The molecule has 1 aromatic carbocycles. The number of carbonyl (C=O) groups excluding carboxylic acids is 2. The third-order valence-corrected chi connectivity index (χ3v) is 4.31. The lowest BCUT2D eigenvalue weighted by Gasteiger charge is -2.13. The fourth-order valence-electron chi connectivity index (χ4n) is 2.14. The Hall–Kier alpha value is -1.69. The quantitative estimate of drug-likeness (QED) is 0.629. The van der Waals surface area contributed by atoms with E-state index in [2.05, 4.69) is 0 Å². The highest BCUT2D eigenvalue weighted by atomic mass is 32.2. The molecule has 0 aromatic heterocycles. The molecule has 0 saturated heterocycles. The van der Waals surface area contributed by atoms with Crippen molar-refractivity contribution in [3.05, 3.63) is 17.7 Å². The maximum Gasteiger partial charge on any atom is 0.316 e. The second-order valence-corrected chi connectivity index (χ2v) is 5.42. The zero-order chi connectivity index (χ0) is 14.7. The molecule has 0 bridgehead atoms. The molecular formula is C14H16O5S. The highest BCUT2D eigenvalue weighted by Crippen LogP contribution is 2.39. The average molecular weight is 296 g/mol. The number of fused-ring (bicyclic) bond motifs is 1. The molecular weight excluding hydrogens is 280 g/mol. The summed E-state index contributed by atoms with van der Waals surface area (Å²) in [6.45, 7) is 0. The smallest absolute Gasteiger partial charge is 0.316 e. The summed E-state index contributed by atoms with van der Waals surface area (Å²) in [5, 5.41) is 0. The Morgan fingerprint density at radius 1 is 1.20 bits per heavy atom. The van der Waals surface area contributed by atoms with Gasteiger partial charge in [0.1, 0.15) is 5.92 Å². The van der Waals surface area contributed by atoms with Gasteiger partial charge < -0.3 is 14.2 Å². The van der Waals surface area contributed by atoms with E-state index in [4.69, 9.17) is 14.2 Å². The highest BCUT2D eigenvalue weighted by Gasteiger charge is 2.33. The number of hydrogen-bond donors (Lipinski definition) is 0. The van der Waals surface area contributed by atoms with Crippen molar-refractivity contribution in [2.45, 2.75) is 11.3 Å². The second kappa shape index (κ2) is 6.17. The normalized spacial score (nSPS) is 17.9. The van der Waals surface area contributed by atoms with Crippen LogP contribution in [0.25, 0.3) is 0 Å². The maximum atomic E-state index is 12.5. The molecule has 2 rings (SSSR count). The first kappa shape index (κ1) is 14.7. The topological polar surface area (TPSA) is 61.8 Å². The Morgan fingerprint density at radius 3 is 2.45 bits per heavy atom. The molecule has 1 aliphatic heterocycles. The first-order valence-electron chi connectivity index (χ1n) is 6.13. The second-order valence-electron chi connectivity index (χ2n) is 4.28. The molecule has 1 heterocycles. The Kier molecular flexibility index (Phi) is 4.54. The SMILES string of the molecule is COC(=O)C1CCSc2cc(OC)c(OC)cc2C1=O. The predicted octanol–water partition coefficient (Wildman–Crippen LogP) is 2.17. The molecule has 0 amide bonds. The summed E-state index contributed by atoms with van der Waals surface area (Å²) in [5.41, 5.74) is 0.487. The molecule has 108 valence electrons. The van der Waals surface area contributed by atoms with Crippen molar-refractivity contribution >= 4 is 23.5 Å². The van der Waals surface area contributed by atoms with Crippen LogP contribution in [0.2, 0.25) is 0 Å². The molecule has 1 aromatic rings. The summed E-state index contributed by atoms with van der Waals surface area (Å²) >= 11 is 1.53. The van der Waals surface area contributed by atoms with Gasteiger partial charge in [-0.15, -0.1) is 11.8 Å². The molecule has 0 aliphatic carbocycles. The van der Waals surface area contributed by atoms with Gasteiger partial charge in [0.15, 0.2) is 17.3 Å². The van der Waals surface area contributed by atoms with E-state index < -0.39 is 11.9 Å². The fourth-order valence-corrected chi connectivity index (χ4v) is 3.22. The van der Waals surface area contributed by atoms with Crippen LogP contribution in [-0.2, 0) is 9.53 Å². The third kappa shape index (κ3) is 2.60. The Bertz CT molecular complexity index is 541. The van der Waals surface area contributed by atoms with Gasteiger partial charge in [0.05, 0.1) is 21.3 Å². The molecule has 1 atom stereocenters. The number of methoxy groups -OCH3 is 3. The van der Waals surface area contributed by atoms with Gasteiger partial charge in [-0.3, -0.25) is 9.59 Å². The van der Waals surface area contributed by atoms with Crippen LogP contribution in [-0.4, -0.2) is 38.8 Å². The minimum atomic E-state index is -0.744. The highest BCUT2D eigenvalue weighted by molar-refractivity contribution is 7.99. The summed E-state index contributed by atoms with van der Waals surface area (Å²) in [7, 11) is 4.35. The predicted molar refractivity (Wildman–Crippen MR) is 74.7 cm³/mol. The zero-order valence-electron chi connectivity index (χ0n) is 11.6. The van der Waals surface area contributed by atoms with Gasteiger partial charge >= 0.3 is 5.97 Å². The molecule has 0 saturated carbocycles. The number of ether oxygens (including phenoxy) is 3. The maximum absolute atomic E-state index is 12.5. The van der Waals surface area contributed by atoms with Gasteiger partial charge in [-0.1, -0.05) is 0 Å². The minimum absolute atomic E-state index is 0.224. The van der Waals surface area contributed by atoms with Crippen LogP contribution in [0.1, 0.15) is 16.8 Å². The zero-order valence-corrected chi connectivity index (χ0v) is 12.4. The molecule has 1 aliphatic rings. The van der Waals surface area contributed by atoms with E-state index in [9.17, 15) is 9.59 Å². The first-order valence-corrected chi connectivity index (χ1v) is 7.11. The number of benzene rings is 1. The van der Waals surface area contributed by atoms with Gasteiger partial charge in [0.25, 0.3) is 0 Å². The first-order chi connectivity index (χ1) is 9.62. The Balaban J connectivity index is 2.48. The molecule has 0 radical (unpaired) electrons. The van der Waals surface area contributed by atoms with Crippen molar-refractivity contribution in [3.8, 4) is 11.5 Å². The van der Waals surface area contributed by atoms with Crippen molar-refractivity contribution < 1.29 is 23.8 Å². The largest absolute Gasteiger partial charge is 0.493 e. The lowest BCUT2D eigenvalue weighted by Crippen LogP contribution is -2.25. The van der Waals surface area contributed by atoms with E-state index in [1.165, 1.54) is 26.0 Å².